The molecule has 0 saturated heterocycles. The number of ether oxygens (including phenoxy) is 1. The topological polar surface area (TPSA) is 72.5 Å². The molecule has 1 aromatic heterocycles. The van der Waals surface area contributed by atoms with Gasteiger partial charge in [0.15, 0.2) is 0 Å². The van der Waals surface area contributed by atoms with Crippen molar-refractivity contribution in [2.45, 2.75) is 18.7 Å². The Kier molecular flexibility index (Phi) is 4.97. The van der Waals surface area contributed by atoms with Crippen molar-refractivity contribution in [2.24, 2.45) is 0 Å². The van der Waals surface area contributed by atoms with Crippen LogP contribution in [0.1, 0.15) is 22.2 Å². The van der Waals surface area contributed by atoms with E-state index in [-0.39, 0.29) is 16.9 Å². The molecule has 2 aromatic carbocycles. The lowest BCUT2D eigenvalue weighted by Crippen LogP contribution is -2.17. The normalized spacial score (nSPS) is 11.5. The van der Waals surface area contributed by atoms with Gasteiger partial charge < -0.3 is 4.74 Å². The summed E-state index contributed by atoms with van der Waals surface area (Å²) in [6, 6.07) is 10.9. The van der Waals surface area contributed by atoms with Crippen molar-refractivity contribution in [3.05, 3.63) is 58.7 Å². The zero-order valence-corrected chi connectivity index (χ0v) is 15.7. The van der Waals surface area contributed by atoms with Gasteiger partial charge in [-0.05, 0) is 43.7 Å². The standard InChI is InChI=1S/C18H16FNO4S2/c1-3-24-18(21)16-17(15-13(19)8-5-9-14(15)25-16)26(22,23)20-12-7-4-6-11(2)10-12/h4-10,20H,3H2,1-2H3. The van der Waals surface area contributed by atoms with Crippen LogP contribution in [0.5, 0.6) is 0 Å². The number of sulfonamides is 1. The molecular weight excluding hydrogens is 377 g/mol. The highest BCUT2D eigenvalue weighted by Crippen LogP contribution is 2.37. The molecule has 0 fully saturated rings. The third kappa shape index (κ3) is 3.42. The SMILES string of the molecule is CCOC(=O)c1sc2cccc(F)c2c1S(=O)(=O)Nc1cccc(C)c1. The molecule has 0 bridgehead atoms. The Morgan fingerprint density at radius 1 is 1.23 bits per heavy atom. The summed E-state index contributed by atoms with van der Waals surface area (Å²) in [5.74, 6) is -1.50. The van der Waals surface area contributed by atoms with Crippen molar-refractivity contribution in [1.29, 1.82) is 0 Å². The van der Waals surface area contributed by atoms with Gasteiger partial charge in [-0.1, -0.05) is 18.2 Å². The second-order valence-electron chi connectivity index (χ2n) is 5.57. The Bertz CT molecular complexity index is 1090. The smallest absolute Gasteiger partial charge is 0.349 e. The third-order valence-electron chi connectivity index (χ3n) is 3.62. The van der Waals surface area contributed by atoms with Crippen LogP contribution in [-0.4, -0.2) is 21.0 Å². The van der Waals surface area contributed by atoms with Crippen molar-refractivity contribution < 1.29 is 22.3 Å². The van der Waals surface area contributed by atoms with Crippen LogP contribution in [0.4, 0.5) is 10.1 Å². The van der Waals surface area contributed by atoms with Crippen LogP contribution in [0, 0.1) is 12.7 Å². The summed E-state index contributed by atoms with van der Waals surface area (Å²) < 4.78 is 48.1. The molecular formula is C18H16FNO4S2. The summed E-state index contributed by atoms with van der Waals surface area (Å²) in [5, 5.41) is -0.110. The number of rotatable bonds is 5. The molecule has 5 nitrogen and oxygen atoms in total. The Labute approximate surface area is 154 Å². The van der Waals surface area contributed by atoms with Crippen molar-refractivity contribution in [3.63, 3.8) is 0 Å². The van der Waals surface area contributed by atoms with Gasteiger partial charge in [0.1, 0.15) is 15.6 Å². The van der Waals surface area contributed by atoms with E-state index in [0.717, 1.165) is 23.0 Å². The second-order valence-corrected chi connectivity index (χ2v) is 8.24. The lowest BCUT2D eigenvalue weighted by atomic mass is 10.2. The van der Waals surface area contributed by atoms with Crippen LogP contribution in [0.3, 0.4) is 0 Å². The molecule has 0 unspecified atom stereocenters. The van der Waals surface area contributed by atoms with Gasteiger partial charge >= 0.3 is 5.97 Å². The number of hydrogen-bond acceptors (Lipinski definition) is 5. The average Bonchev–Trinajstić information content (AvgIpc) is 2.97. The van der Waals surface area contributed by atoms with Crippen LogP contribution < -0.4 is 4.72 Å². The first-order valence-corrected chi connectivity index (χ1v) is 10.1. The Morgan fingerprint density at radius 3 is 2.65 bits per heavy atom. The quantitative estimate of drug-likeness (QED) is 0.655. The largest absolute Gasteiger partial charge is 0.462 e. The first-order valence-electron chi connectivity index (χ1n) is 7.81. The molecule has 1 heterocycles. The zero-order valence-electron chi connectivity index (χ0n) is 14.1. The van der Waals surface area contributed by atoms with Crippen molar-refractivity contribution >= 4 is 43.1 Å². The van der Waals surface area contributed by atoms with Crippen LogP contribution in [0.25, 0.3) is 10.1 Å². The number of carbonyl (C=O) groups is 1. The number of anilines is 1. The van der Waals surface area contributed by atoms with Gasteiger partial charge in [0.25, 0.3) is 10.0 Å². The Hall–Kier alpha value is -2.45. The molecule has 0 aliphatic heterocycles. The molecule has 26 heavy (non-hydrogen) atoms. The second kappa shape index (κ2) is 7.05. The number of thiophene rings is 1. The van der Waals surface area contributed by atoms with E-state index in [2.05, 4.69) is 4.72 Å². The number of esters is 1. The molecule has 136 valence electrons. The number of fused-ring (bicyclic) bond motifs is 1. The third-order valence-corrected chi connectivity index (χ3v) is 6.33. The summed E-state index contributed by atoms with van der Waals surface area (Å²) in [7, 11) is -4.21. The van der Waals surface area contributed by atoms with Gasteiger partial charge in [-0.25, -0.2) is 17.6 Å². The molecule has 0 radical (unpaired) electrons. The number of hydrogen-bond donors (Lipinski definition) is 1. The summed E-state index contributed by atoms with van der Waals surface area (Å²) in [6.07, 6.45) is 0. The van der Waals surface area contributed by atoms with Gasteiger partial charge in [0.05, 0.1) is 6.61 Å². The van der Waals surface area contributed by atoms with Gasteiger partial charge in [-0.15, -0.1) is 11.3 Å². The summed E-state index contributed by atoms with van der Waals surface area (Å²) in [6.45, 7) is 3.52. The maximum absolute atomic E-state index is 14.4. The highest BCUT2D eigenvalue weighted by atomic mass is 32.2. The van der Waals surface area contributed by atoms with Crippen molar-refractivity contribution in [1.82, 2.24) is 0 Å². The highest BCUT2D eigenvalue weighted by Gasteiger charge is 2.31. The number of nitrogens with one attached hydrogen (secondary N) is 1. The van der Waals surface area contributed by atoms with Crippen LogP contribution in [0.15, 0.2) is 47.4 Å². The lowest BCUT2D eigenvalue weighted by Gasteiger charge is -2.10. The predicted octanol–water partition coefficient (Wildman–Crippen LogP) is 4.33. The highest BCUT2D eigenvalue weighted by molar-refractivity contribution is 7.93. The van der Waals surface area contributed by atoms with E-state index >= 15 is 0 Å². The number of halogens is 1. The maximum atomic E-state index is 14.4. The molecule has 8 heteroatoms. The minimum Gasteiger partial charge on any atom is -0.462 e. The minimum absolute atomic E-state index is 0.0837. The Balaban J connectivity index is 2.21. The molecule has 0 spiro atoms. The molecule has 0 amide bonds. The van der Waals surface area contributed by atoms with E-state index in [9.17, 15) is 17.6 Å². The van der Waals surface area contributed by atoms with Crippen LogP contribution in [0.2, 0.25) is 0 Å². The lowest BCUT2D eigenvalue weighted by molar-refractivity contribution is 0.0528. The van der Waals surface area contributed by atoms with E-state index in [0.29, 0.717) is 10.4 Å². The predicted molar refractivity (Wildman–Crippen MR) is 99.7 cm³/mol. The van der Waals surface area contributed by atoms with E-state index in [1.807, 2.05) is 13.0 Å². The minimum atomic E-state index is -4.21. The summed E-state index contributed by atoms with van der Waals surface area (Å²) >= 11 is 0.893. The fourth-order valence-electron chi connectivity index (χ4n) is 2.58. The van der Waals surface area contributed by atoms with E-state index < -0.39 is 26.7 Å². The fourth-order valence-corrected chi connectivity index (χ4v) is 5.45. The first-order chi connectivity index (χ1) is 12.3. The van der Waals surface area contributed by atoms with Crippen LogP contribution in [-0.2, 0) is 14.8 Å². The molecule has 3 aromatic rings. The zero-order chi connectivity index (χ0) is 18.9. The molecule has 1 N–H and O–H groups in total. The molecule has 0 aliphatic carbocycles. The Morgan fingerprint density at radius 2 is 1.96 bits per heavy atom. The maximum Gasteiger partial charge on any atom is 0.349 e. The summed E-state index contributed by atoms with van der Waals surface area (Å²) in [5.41, 5.74) is 1.19. The van der Waals surface area contributed by atoms with E-state index in [4.69, 9.17) is 4.74 Å². The molecule has 0 aliphatic rings. The van der Waals surface area contributed by atoms with Crippen molar-refractivity contribution in [3.8, 4) is 0 Å². The first kappa shape index (κ1) is 18.3. The average molecular weight is 393 g/mol. The molecule has 0 saturated carbocycles. The van der Waals surface area contributed by atoms with Crippen molar-refractivity contribution in [2.75, 3.05) is 11.3 Å². The van der Waals surface area contributed by atoms with Gasteiger partial charge in [0, 0.05) is 15.8 Å². The van der Waals surface area contributed by atoms with Gasteiger partial charge in [-0.3, -0.25) is 4.72 Å². The monoisotopic (exact) mass is 393 g/mol. The molecule has 3 rings (SSSR count). The van der Waals surface area contributed by atoms with E-state index in [1.54, 1.807) is 31.2 Å². The molecule has 0 atom stereocenters. The number of benzene rings is 2. The number of carbonyl (C=O) groups excluding carboxylic acids is 1. The van der Waals surface area contributed by atoms with Gasteiger partial charge in [-0.2, -0.15) is 0 Å². The summed E-state index contributed by atoms with van der Waals surface area (Å²) in [4.78, 5) is 11.7. The van der Waals surface area contributed by atoms with Gasteiger partial charge in [0.2, 0.25) is 0 Å². The number of aryl methyl sites for hydroxylation is 1. The fraction of sp³-hybridized carbons (Fsp3) is 0.167. The van der Waals surface area contributed by atoms with Crippen LogP contribution >= 0.6 is 11.3 Å². The van der Waals surface area contributed by atoms with E-state index in [1.165, 1.54) is 6.07 Å².